The lowest BCUT2D eigenvalue weighted by atomic mass is 10.4. The summed E-state index contributed by atoms with van der Waals surface area (Å²) in [5.41, 5.74) is 5.31. The van der Waals surface area contributed by atoms with Crippen molar-refractivity contribution in [3.8, 4) is 0 Å². The van der Waals surface area contributed by atoms with Crippen molar-refractivity contribution < 1.29 is 19.5 Å². The molecule has 0 aliphatic carbocycles. The van der Waals surface area contributed by atoms with Gasteiger partial charge in [-0.15, -0.1) is 0 Å². The summed E-state index contributed by atoms with van der Waals surface area (Å²) in [7, 11) is 1.56. The molecular formula is C9H19N3O4. The number of nitrogens with two attached hydrogens (primary N) is 1. The third-order valence-corrected chi connectivity index (χ3v) is 1.87. The Kier molecular flexibility index (Phi) is 8.18. The second kappa shape index (κ2) is 8.93. The second-order valence-electron chi connectivity index (χ2n) is 3.04. The van der Waals surface area contributed by atoms with Crippen molar-refractivity contribution in [1.29, 1.82) is 0 Å². The van der Waals surface area contributed by atoms with Crippen molar-refractivity contribution in [3.05, 3.63) is 0 Å². The van der Waals surface area contributed by atoms with Gasteiger partial charge in [0.2, 0.25) is 5.91 Å². The largest absolute Gasteiger partial charge is 0.409 e. The number of rotatable bonds is 8. The average Bonchev–Trinajstić information content (AvgIpc) is 2.30. The number of nitrogens with zero attached hydrogens (tertiary/aromatic N) is 2. The molecule has 0 saturated carbocycles. The maximum absolute atomic E-state index is 11.6. The van der Waals surface area contributed by atoms with Crippen LogP contribution in [0.5, 0.6) is 0 Å². The molecule has 0 aromatic heterocycles. The molecule has 0 aliphatic heterocycles. The van der Waals surface area contributed by atoms with E-state index in [2.05, 4.69) is 5.16 Å². The Hall–Kier alpha value is -1.34. The van der Waals surface area contributed by atoms with Crippen LogP contribution in [0.25, 0.3) is 0 Å². The standard InChI is InChI=1S/C9H19N3O4/c1-3-12(6-8(10)11-14)9(13)7-16-5-4-15-2/h14H,3-7H2,1-2H3,(H2,10,11). The van der Waals surface area contributed by atoms with Gasteiger partial charge >= 0.3 is 0 Å². The van der Waals surface area contributed by atoms with Crippen LogP contribution >= 0.6 is 0 Å². The lowest BCUT2D eigenvalue weighted by Gasteiger charge is -2.19. The topological polar surface area (TPSA) is 97.4 Å². The zero-order chi connectivity index (χ0) is 12.4. The molecule has 0 radical (unpaired) electrons. The number of amides is 1. The highest BCUT2D eigenvalue weighted by Gasteiger charge is 2.12. The fourth-order valence-electron chi connectivity index (χ4n) is 0.997. The zero-order valence-electron chi connectivity index (χ0n) is 9.68. The molecule has 7 heteroatoms. The van der Waals surface area contributed by atoms with Crippen molar-refractivity contribution >= 4 is 11.7 Å². The number of carbonyl (C=O) groups excluding carboxylic acids is 1. The number of carbonyl (C=O) groups is 1. The third kappa shape index (κ3) is 6.20. The van der Waals surface area contributed by atoms with Gasteiger partial charge in [-0.3, -0.25) is 4.79 Å². The molecule has 0 unspecified atom stereocenters. The molecule has 0 aliphatic rings. The number of methoxy groups -OCH3 is 1. The van der Waals surface area contributed by atoms with Crippen LogP contribution in [-0.4, -0.2) is 61.9 Å². The summed E-state index contributed by atoms with van der Waals surface area (Å²) in [5.74, 6) is -0.211. The summed E-state index contributed by atoms with van der Waals surface area (Å²) in [5, 5.41) is 11.2. The first-order valence-corrected chi connectivity index (χ1v) is 4.96. The first kappa shape index (κ1) is 14.7. The summed E-state index contributed by atoms with van der Waals surface area (Å²) in [6.45, 7) is 3.15. The van der Waals surface area contributed by atoms with Gasteiger partial charge in [-0.1, -0.05) is 5.16 Å². The van der Waals surface area contributed by atoms with Crippen molar-refractivity contribution in [1.82, 2.24) is 4.90 Å². The molecule has 0 spiro atoms. The minimum absolute atomic E-state index is 0.00732. The van der Waals surface area contributed by atoms with Gasteiger partial charge in [-0.2, -0.15) is 0 Å². The smallest absolute Gasteiger partial charge is 0.248 e. The van der Waals surface area contributed by atoms with Gasteiger partial charge in [0.15, 0.2) is 5.84 Å². The number of likely N-dealkylation sites (N-methyl/N-ethyl adjacent to an activating group) is 1. The van der Waals surface area contributed by atoms with Crippen LogP contribution in [0, 0.1) is 0 Å². The summed E-state index contributed by atoms with van der Waals surface area (Å²) in [4.78, 5) is 13.0. The predicted molar refractivity (Wildman–Crippen MR) is 58.4 cm³/mol. The van der Waals surface area contributed by atoms with Crippen LogP contribution < -0.4 is 5.73 Å². The van der Waals surface area contributed by atoms with E-state index in [1.54, 1.807) is 14.0 Å². The highest BCUT2D eigenvalue weighted by Crippen LogP contribution is 1.91. The number of amidine groups is 1. The molecular weight excluding hydrogens is 214 g/mol. The fourth-order valence-corrected chi connectivity index (χ4v) is 0.997. The van der Waals surface area contributed by atoms with Gasteiger partial charge in [-0.05, 0) is 6.92 Å². The Bertz CT molecular complexity index is 233. The molecule has 1 amide bonds. The van der Waals surface area contributed by atoms with E-state index in [0.717, 1.165) is 0 Å². The van der Waals surface area contributed by atoms with Crippen LogP contribution in [0.1, 0.15) is 6.92 Å². The van der Waals surface area contributed by atoms with Gasteiger partial charge in [0.05, 0.1) is 19.8 Å². The zero-order valence-corrected chi connectivity index (χ0v) is 9.68. The van der Waals surface area contributed by atoms with Crippen molar-refractivity contribution in [2.24, 2.45) is 10.9 Å². The minimum Gasteiger partial charge on any atom is -0.409 e. The molecule has 94 valence electrons. The third-order valence-electron chi connectivity index (χ3n) is 1.87. The second-order valence-corrected chi connectivity index (χ2v) is 3.04. The Balaban J connectivity index is 3.92. The molecule has 0 atom stereocenters. The monoisotopic (exact) mass is 233 g/mol. The Labute approximate surface area is 94.8 Å². The van der Waals surface area contributed by atoms with Crippen LogP contribution in [0.4, 0.5) is 0 Å². The molecule has 0 heterocycles. The number of hydrogen-bond donors (Lipinski definition) is 2. The van der Waals surface area contributed by atoms with Gasteiger partial charge in [0.1, 0.15) is 6.61 Å². The van der Waals surface area contributed by atoms with Crippen molar-refractivity contribution in [2.45, 2.75) is 6.92 Å². The molecule has 0 aromatic carbocycles. The Morgan fingerprint density at radius 3 is 2.69 bits per heavy atom. The lowest BCUT2D eigenvalue weighted by Crippen LogP contribution is -2.40. The summed E-state index contributed by atoms with van der Waals surface area (Å²) < 4.78 is 9.84. The van der Waals surface area contributed by atoms with E-state index in [0.29, 0.717) is 19.8 Å². The predicted octanol–water partition coefficient (Wildman–Crippen LogP) is -0.756. The van der Waals surface area contributed by atoms with Crippen molar-refractivity contribution in [2.75, 3.05) is 40.0 Å². The van der Waals surface area contributed by atoms with Gasteiger partial charge in [-0.25, -0.2) is 0 Å². The number of hydrogen-bond acceptors (Lipinski definition) is 5. The van der Waals surface area contributed by atoms with Crippen LogP contribution in [0.15, 0.2) is 5.16 Å². The summed E-state index contributed by atoms with van der Waals surface area (Å²) in [6.07, 6.45) is 0. The van der Waals surface area contributed by atoms with E-state index in [4.69, 9.17) is 20.4 Å². The molecule has 16 heavy (non-hydrogen) atoms. The van der Waals surface area contributed by atoms with Crippen LogP contribution in [-0.2, 0) is 14.3 Å². The fraction of sp³-hybridized carbons (Fsp3) is 0.778. The lowest BCUT2D eigenvalue weighted by molar-refractivity contribution is -0.135. The minimum atomic E-state index is -0.204. The van der Waals surface area contributed by atoms with Gasteiger partial charge in [0, 0.05) is 13.7 Å². The van der Waals surface area contributed by atoms with Gasteiger partial charge < -0.3 is 25.3 Å². The first-order valence-electron chi connectivity index (χ1n) is 4.96. The van der Waals surface area contributed by atoms with E-state index in [-0.39, 0.29) is 24.9 Å². The quantitative estimate of drug-likeness (QED) is 0.189. The number of ether oxygens (including phenoxy) is 2. The van der Waals surface area contributed by atoms with E-state index in [1.807, 2.05) is 0 Å². The first-order chi connectivity index (χ1) is 7.65. The summed E-state index contributed by atoms with van der Waals surface area (Å²) >= 11 is 0. The Morgan fingerprint density at radius 2 is 2.19 bits per heavy atom. The van der Waals surface area contributed by atoms with E-state index in [1.165, 1.54) is 4.90 Å². The number of oxime groups is 1. The van der Waals surface area contributed by atoms with Crippen molar-refractivity contribution in [3.63, 3.8) is 0 Å². The molecule has 0 saturated heterocycles. The molecule has 7 nitrogen and oxygen atoms in total. The maximum atomic E-state index is 11.6. The van der Waals surface area contributed by atoms with E-state index in [9.17, 15) is 4.79 Å². The molecule has 0 aromatic rings. The highest BCUT2D eigenvalue weighted by molar-refractivity contribution is 5.87. The van der Waals surface area contributed by atoms with E-state index < -0.39 is 0 Å². The molecule has 0 fully saturated rings. The normalized spacial score (nSPS) is 11.5. The SMILES string of the molecule is CCN(CC(N)=NO)C(=O)COCCOC. The average molecular weight is 233 g/mol. The molecule has 0 bridgehead atoms. The summed E-state index contributed by atoms with van der Waals surface area (Å²) in [6, 6.07) is 0. The van der Waals surface area contributed by atoms with Crippen LogP contribution in [0.2, 0.25) is 0 Å². The maximum Gasteiger partial charge on any atom is 0.248 e. The highest BCUT2D eigenvalue weighted by atomic mass is 16.5. The molecule has 0 rings (SSSR count). The molecule has 3 N–H and O–H groups in total. The Morgan fingerprint density at radius 1 is 1.50 bits per heavy atom. The van der Waals surface area contributed by atoms with Crippen LogP contribution in [0.3, 0.4) is 0 Å². The van der Waals surface area contributed by atoms with E-state index >= 15 is 0 Å². The van der Waals surface area contributed by atoms with Gasteiger partial charge in [0.25, 0.3) is 0 Å².